The van der Waals surface area contributed by atoms with E-state index in [1.165, 1.54) is 12.1 Å². The third-order valence-corrected chi connectivity index (χ3v) is 3.93. The van der Waals surface area contributed by atoms with Crippen molar-refractivity contribution in [2.45, 2.75) is 44.8 Å². The molecule has 23 heavy (non-hydrogen) atoms. The van der Waals surface area contributed by atoms with E-state index in [2.05, 4.69) is 14.9 Å². The van der Waals surface area contributed by atoms with E-state index in [9.17, 15) is 8.78 Å². The van der Waals surface area contributed by atoms with Crippen molar-refractivity contribution in [1.29, 1.82) is 0 Å². The zero-order valence-corrected chi connectivity index (χ0v) is 12.8. The lowest BCUT2D eigenvalue weighted by Gasteiger charge is -2.16. The SMILES string of the molecule is C[C@]1(c2nc(CCc3ccc(OC(F)F)cc3)no2)CCCO1. The quantitative estimate of drug-likeness (QED) is 0.814. The van der Waals surface area contributed by atoms with E-state index >= 15 is 0 Å². The van der Waals surface area contributed by atoms with Gasteiger partial charge in [-0.05, 0) is 43.9 Å². The lowest BCUT2D eigenvalue weighted by Crippen LogP contribution is -2.20. The van der Waals surface area contributed by atoms with Crippen molar-refractivity contribution >= 4 is 0 Å². The van der Waals surface area contributed by atoms with E-state index in [1.54, 1.807) is 12.1 Å². The molecule has 1 atom stereocenters. The Balaban J connectivity index is 1.57. The number of nitrogens with zero attached hydrogens (tertiary/aromatic N) is 2. The van der Waals surface area contributed by atoms with Crippen LogP contribution in [0.2, 0.25) is 0 Å². The molecule has 0 aliphatic carbocycles. The Kier molecular flexibility index (Phi) is 4.56. The van der Waals surface area contributed by atoms with Gasteiger partial charge in [0.05, 0.1) is 0 Å². The molecule has 3 rings (SSSR count). The molecule has 0 radical (unpaired) electrons. The maximum absolute atomic E-state index is 12.1. The van der Waals surface area contributed by atoms with E-state index < -0.39 is 12.2 Å². The Hall–Kier alpha value is -2.02. The molecule has 7 heteroatoms. The van der Waals surface area contributed by atoms with Gasteiger partial charge in [0.15, 0.2) is 5.82 Å². The van der Waals surface area contributed by atoms with Crippen LogP contribution in [0.25, 0.3) is 0 Å². The van der Waals surface area contributed by atoms with Gasteiger partial charge < -0.3 is 14.0 Å². The van der Waals surface area contributed by atoms with Crippen LogP contribution >= 0.6 is 0 Å². The van der Waals surface area contributed by atoms with Gasteiger partial charge in [-0.25, -0.2) is 0 Å². The van der Waals surface area contributed by atoms with Crippen LogP contribution in [0.5, 0.6) is 5.75 Å². The number of rotatable bonds is 6. The highest BCUT2D eigenvalue weighted by atomic mass is 19.3. The summed E-state index contributed by atoms with van der Waals surface area (Å²) in [5.41, 5.74) is 0.515. The summed E-state index contributed by atoms with van der Waals surface area (Å²) in [6.07, 6.45) is 3.15. The van der Waals surface area contributed by atoms with E-state index in [4.69, 9.17) is 9.26 Å². The fourth-order valence-electron chi connectivity index (χ4n) is 2.61. The van der Waals surface area contributed by atoms with E-state index in [0.29, 0.717) is 31.2 Å². The summed E-state index contributed by atoms with van der Waals surface area (Å²) >= 11 is 0. The number of alkyl halides is 2. The van der Waals surface area contributed by atoms with Gasteiger partial charge in [0.1, 0.15) is 11.4 Å². The van der Waals surface area contributed by atoms with E-state index in [1.807, 2.05) is 6.92 Å². The molecule has 1 fully saturated rings. The molecule has 1 aliphatic heterocycles. The minimum Gasteiger partial charge on any atom is -0.435 e. The standard InChI is InChI=1S/C16H18F2N2O3/c1-16(9-2-10-21-16)14-19-13(20-23-14)8-5-11-3-6-12(7-4-11)22-15(17)18/h3-4,6-7,15H,2,5,8-10H2,1H3/t16-/m1/s1. The first kappa shape index (κ1) is 15.9. The number of aryl methyl sites for hydroxylation is 2. The van der Waals surface area contributed by atoms with Crippen LogP contribution in [0.1, 0.15) is 37.0 Å². The minimum atomic E-state index is -2.81. The molecule has 1 aromatic heterocycles. The Labute approximate surface area is 132 Å². The zero-order valence-electron chi connectivity index (χ0n) is 12.8. The summed E-state index contributed by atoms with van der Waals surface area (Å²) in [5.74, 6) is 1.28. The molecule has 0 N–H and O–H groups in total. The second kappa shape index (κ2) is 6.62. The van der Waals surface area contributed by atoms with Gasteiger partial charge >= 0.3 is 6.61 Å². The van der Waals surface area contributed by atoms with Crippen molar-refractivity contribution in [2.75, 3.05) is 6.61 Å². The monoisotopic (exact) mass is 324 g/mol. The smallest absolute Gasteiger partial charge is 0.387 e. The fourth-order valence-corrected chi connectivity index (χ4v) is 2.61. The maximum Gasteiger partial charge on any atom is 0.387 e. The van der Waals surface area contributed by atoms with Crippen molar-refractivity contribution < 1.29 is 22.8 Å². The Bertz CT molecular complexity index is 637. The van der Waals surface area contributed by atoms with Crippen LogP contribution in [0.4, 0.5) is 8.78 Å². The minimum absolute atomic E-state index is 0.150. The average molecular weight is 324 g/mol. The van der Waals surface area contributed by atoms with Gasteiger partial charge in [0.2, 0.25) is 0 Å². The second-order valence-corrected chi connectivity index (χ2v) is 5.72. The van der Waals surface area contributed by atoms with Gasteiger partial charge in [-0.1, -0.05) is 17.3 Å². The van der Waals surface area contributed by atoms with Gasteiger partial charge in [-0.15, -0.1) is 0 Å². The molecule has 2 heterocycles. The van der Waals surface area contributed by atoms with Crippen LogP contribution in [0, 0.1) is 0 Å². The summed E-state index contributed by atoms with van der Waals surface area (Å²) in [6.45, 7) is -0.141. The van der Waals surface area contributed by atoms with Gasteiger partial charge in [-0.3, -0.25) is 0 Å². The first-order chi connectivity index (χ1) is 11.0. The molecule has 1 aliphatic rings. The molecular formula is C16H18F2N2O3. The molecule has 0 bridgehead atoms. The Morgan fingerprint density at radius 3 is 2.70 bits per heavy atom. The fraction of sp³-hybridized carbons (Fsp3) is 0.500. The summed E-state index contributed by atoms with van der Waals surface area (Å²) in [5, 5.41) is 3.99. The first-order valence-corrected chi connectivity index (χ1v) is 7.56. The normalized spacial score (nSPS) is 21.0. The Morgan fingerprint density at radius 1 is 1.26 bits per heavy atom. The van der Waals surface area contributed by atoms with Crippen LogP contribution in [0.15, 0.2) is 28.8 Å². The maximum atomic E-state index is 12.1. The van der Waals surface area contributed by atoms with Gasteiger partial charge in [0, 0.05) is 13.0 Å². The summed E-state index contributed by atoms with van der Waals surface area (Å²) in [6, 6.07) is 6.55. The predicted molar refractivity (Wildman–Crippen MR) is 77.3 cm³/mol. The molecular weight excluding hydrogens is 306 g/mol. The molecule has 0 saturated carbocycles. The van der Waals surface area contributed by atoms with Crippen LogP contribution in [-0.4, -0.2) is 23.4 Å². The van der Waals surface area contributed by atoms with Crippen molar-refractivity contribution in [2.24, 2.45) is 0 Å². The van der Waals surface area contributed by atoms with E-state index in [0.717, 1.165) is 18.4 Å². The van der Waals surface area contributed by atoms with Crippen molar-refractivity contribution in [1.82, 2.24) is 10.1 Å². The molecule has 1 aromatic carbocycles. The average Bonchev–Trinajstić information content (AvgIpc) is 3.16. The number of aromatic nitrogens is 2. The van der Waals surface area contributed by atoms with Gasteiger partial charge in [0.25, 0.3) is 5.89 Å². The lowest BCUT2D eigenvalue weighted by molar-refractivity contribution is -0.0498. The molecule has 2 aromatic rings. The highest BCUT2D eigenvalue weighted by Gasteiger charge is 2.37. The van der Waals surface area contributed by atoms with Crippen molar-refractivity contribution in [3.8, 4) is 5.75 Å². The molecule has 1 saturated heterocycles. The van der Waals surface area contributed by atoms with E-state index in [-0.39, 0.29) is 5.75 Å². The van der Waals surface area contributed by atoms with Gasteiger partial charge in [-0.2, -0.15) is 13.8 Å². The lowest BCUT2D eigenvalue weighted by atomic mass is 10.0. The highest BCUT2D eigenvalue weighted by Crippen LogP contribution is 2.34. The molecule has 5 nitrogen and oxygen atoms in total. The molecule has 0 spiro atoms. The summed E-state index contributed by atoms with van der Waals surface area (Å²) in [4.78, 5) is 4.41. The predicted octanol–water partition coefficient (Wildman–Crippen LogP) is 3.48. The number of benzene rings is 1. The molecule has 124 valence electrons. The molecule has 0 unspecified atom stereocenters. The first-order valence-electron chi connectivity index (χ1n) is 7.56. The Morgan fingerprint density at radius 2 is 2.04 bits per heavy atom. The number of ether oxygens (including phenoxy) is 2. The second-order valence-electron chi connectivity index (χ2n) is 5.72. The van der Waals surface area contributed by atoms with Crippen LogP contribution < -0.4 is 4.74 Å². The van der Waals surface area contributed by atoms with Crippen LogP contribution in [0.3, 0.4) is 0 Å². The molecule has 0 amide bonds. The van der Waals surface area contributed by atoms with Crippen molar-refractivity contribution in [3.63, 3.8) is 0 Å². The third-order valence-electron chi connectivity index (χ3n) is 3.93. The number of hydrogen-bond acceptors (Lipinski definition) is 5. The van der Waals surface area contributed by atoms with Crippen LogP contribution in [-0.2, 0) is 23.2 Å². The zero-order chi connectivity index (χ0) is 16.3. The van der Waals surface area contributed by atoms with Crippen molar-refractivity contribution in [3.05, 3.63) is 41.5 Å². The summed E-state index contributed by atoms with van der Waals surface area (Å²) in [7, 11) is 0. The largest absolute Gasteiger partial charge is 0.435 e. The third kappa shape index (κ3) is 3.85. The number of halogens is 2. The topological polar surface area (TPSA) is 57.4 Å². The summed E-state index contributed by atoms with van der Waals surface area (Å²) < 4.78 is 39.5. The number of hydrogen-bond donors (Lipinski definition) is 0. The highest BCUT2D eigenvalue weighted by molar-refractivity contribution is 5.27.